The quantitative estimate of drug-likeness (QED) is 0.888. The Labute approximate surface area is 126 Å². The average Bonchev–Trinajstić information content (AvgIpc) is 2.53. The molecule has 2 amide bonds. The summed E-state index contributed by atoms with van der Waals surface area (Å²) in [6.07, 6.45) is 5.51. The predicted molar refractivity (Wildman–Crippen MR) is 82.0 cm³/mol. The summed E-state index contributed by atoms with van der Waals surface area (Å²) < 4.78 is 0. The van der Waals surface area contributed by atoms with Crippen LogP contribution in [0.5, 0.6) is 0 Å². The van der Waals surface area contributed by atoms with E-state index in [1.165, 1.54) is 0 Å². The van der Waals surface area contributed by atoms with Gasteiger partial charge in [-0.15, -0.1) is 0 Å². The molecule has 5 nitrogen and oxygen atoms in total. The third kappa shape index (κ3) is 4.17. The van der Waals surface area contributed by atoms with Crippen molar-refractivity contribution in [1.29, 1.82) is 0 Å². The van der Waals surface area contributed by atoms with Gasteiger partial charge < -0.3 is 15.3 Å². The third-order valence-electron chi connectivity index (χ3n) is 4.21. The highest BCUT2D eigenvalue weighted by molar-refractivity contribution is 5.74. The van der Waals surface area contributed by atoms with E-state index in [4.69, 9.17) is 0 Å². The molecule has 1 atom stereocenters. The lowest BCUT2D eigenvalue weighted by molar-refractivity contribution is 0.129. The molecule has 2 heterocycles. The second-order valence-electron chi connectivity index (χ2n) is 6.42. The zero-order valence-corrected chi connectivity index (χ0v) is 12.9. The van der Waals surface area contributed by atoms with E-state index < -0.39 is 0 Å². The second kappa shape index (κ2) is 6.89. The predicted octanol–water partition coefficient (Wildman–Crippen LogP) is 1.77. The molecule has 0 radical (unpaired) electrons. The summed E-state index contributed by atoms with van der Waals surface area (Å²) in [6, 6.07) is 3.93. The lowest BCUT2D eigenvalue weighted by Gasteiger charge is -2.33. The van der Waals surface area contributed by atoms with E-state index in [1.807, 2.05) is 17.0 Å². The van der Waals surface area contributed by atoms with Gasteiger partial charge in [-0.2, -0.15) is 0 Å². The van der Waals surface area contributed by atoms with Crippen molar-refractivity contribution in [3.8, 4) is 0 Å². The van der Waals surface area contributed by atoms with Gasteiger partial charge in [0.05, 0.1) is 0 Å². The van der Waals surface area contributed by atoms with Crippen molar-refractivity contribution >= 4 is 6.03 Å². The summed E-state index contributed by atoms with van der Waals surface area (Å²) >= 11 is 0. The third-order valence-corrected chi connectivity index (χ3v) is 4.21. The number of hydrogen-bond donors (Lipinski definition) is 2. The number of amides is 2. The first kappa shape index (κ1) is 15.8. The van der Waals surface area contributed by atoms with Gasteiger partial charge in [0, 0.05) is 44.0 Å². The molecular formula is C16H25N3O2. The van der Waals surface area contributed by atoms with Crippen molar-refractivity contribution in [2.75, 3.05) is 26.2 Å². The fourth-order valence-electron chi connectivity index (χ4n) is 2.71. The maximum Gasteiger partial charge on any atom is 0.317 e. The van der Waals surface area contributed by atoms with Crippen molar-refractivity contribution < 1.29 is 9.90 Å². The minimum atomic E-state index is -0.134. The first-order valence-corrected chi connectivity index (χ1v) is 7.57. The van der Waals surface area contributed by atoms with Crippen LogP contribution in [0.4, 0.5) is 4.79 Å². The molecule has 2 rings (SSSR count). The van der Waals surface area contributed by atoms with E-state index in [2.05, 4.69) is 24.1 Å². The van der Waals surface area contributed by atoms with Crippen molar-refractivity contribution in [2.45, 2.75) is 32.1 Å². The second-order valence-corrected chi connectivity index (χ2v) is 6.42. The van der Waals surface area contributed by atoms with E-state index in [1.54, 1.807) is 12.4 Å². The molecule has 1 aromatic heterocycles. The van der Waals surface area contributed by atoms with Crippen molar-refractivity contribution in [3.63, 3.8) is 0 Å². The molecular weight excluding hydrogens is 266 g/mol. The van der Waals surface area contributed by atoms with Gasteiger partial charge in [-0.25, -0.2) is 4.79 Å². The fraction of sp³-hybridized carbons (Fsp3) is 0.625. The van der Waals surface area contributed by atoms with Crippen molar-refractivity contribution in [2.24, 2.45) is 5.92 Å². The summed E-state index contributed by atoms with van der Waals surface area (Å²) in [4.78, 5) is 18.1. The van der Waals surface area contributed by atoms with Gasteiger partial charge in [0.15, 0.2) is 0 Å². The number of hydrogen-bond acceptors (Lipinski definition) is 3. The van der Waals surface area contributed by atoms with E-state index in [9.17, 15) is 9.90 Å². The lowest BCUT2D eigenvalue weighted by atomic mass is 9.85. The van der Waals surface area contributed by atoms with Gasteiger partial charge in [0.25, 0.3) is 0 Å². The van der Waals surface area contributed by atoms with E-state index in [-0.39, 0.29) is 24.0 Å². The highest BCUT2D eigenvalue weighted by atomic mass is 16.3. The Morgan fingerprint density at radius 3 is 2.86 bits per heavy atom. The number of aliphatic hydroxyl groups is 1. The number of piperidine rings is 1. The molecule has 1 aliphatic rings. The van der Waals surface area contributed by atoms with E-state index in [0.717, 1.165) is 24.9 Å². The average molecular weight is 291 g/mol. The number of aliphatic hydroxyl groups excluding tert-OH is 1. The molecule has 1 fully saturated rings. The molecule has 0 aromatic carbocycles. The molecule has 0 spiro atoms. The molecule has 1 unspecified atom stereocenters. The normalized spacial score (nSPS) is 19.4. The highest BCUT2D eigenvalue weighted by Crippen LogP contribution is 2.21. The largest absolute Gasteiger partial charge is 0.396 e. The smallest absolute Gasteiger partial charge is 0.317 e. The molecule has 2 N–H and O–H groups in total. The SMILES string of the molecule is CC(C)(CNC(=O)N1CCCC(CO)C1)c1ccncc1. The number of aromatic nitrogens is 1. The molecule has 0 saturated carbocycles. The number of nitrogens with one attached hydrogen (secondary N) is 1. The first-order valence-electron chi connectivity index (χ1n) is 7.57. The number of pyridine rings is 1. The molecule has 1 aromatic rings. The molecule has 0 aliphatic carbocycles. The number of carbonyl (C=O) groups excluding carboxylic acids is 1. The minimum absolute atomic E-state index is 0.0321. The zero-order valence-electron chi connectivity index (χ0n) is 12.9. The number of rotatable bonds is 4. The number of likely N-dealkylation sites (tertiary alicyclic amines) is 1. The van der Waals surface area contributed by atoms with Crippen LogP contribution < -0.4 is 5.32 Å². The molecule has 21 heavy (non-hydrogen) atoms. The summed E-state index contributed by atoms with van der Waals surface area (Å²) in [5.74, 6) is 0.220. The van der Waals surface area contributed by atoms with Crippen LogP contribution >= 0.6 is 0 Å². The van der Waals surface area contributed by atoms with Gasteiger partial charge in [0.2, 0.25) is 0 Å². The van der Waals surface area contributed by atoms with Crippen LogP contribution in [0.1, 0.15) is 32.3 Å². The summed E-state index contributed by atoms with van der Waals surface area (Å²) in [6.45, 7) is 6.38. The molecule has 116 valence electrons. The molecule has 0 bridgehead atoms. The Morgan fingerprint density at radius 1 is 1.48 bits per heavy atom. The summed E-state index contributed by atoms with van der Waals surface area (Å²) in [7, 11) is 0. The first-order chi connectivity index (χ1) is 10.0. The van der Waals surface area contributed by atoms with Crippen LogP contribution in [-0.4, -0.2) is 47.3 Å². The minimum Gasteiger partial charge on any atom is -0.396 e. The van der Waals surface area contributed by atoms with Crippen LogP contribution in [0.2, 0.25) is 0 Å². The van der Waals surface area contributed by atoms with Crippen LogP contribution in [0, 0.1) is 5.92 Å². The van der Waals surface area contributed by atoms with Gasteiger partial charge >= 0.3 is 6.03 Å². The van der Waals surface area contributed by atoms with Crippen molar-refractivity contribution in [1.82, 2.24) is 15.2 Å². The van der Waals surface area contributed by atoms with Crippen LogP contribution in [0.15, 0.2) is 24.5 Å². The lowest BCUT2D eigenvalue weighted by Crippen LogP contribution is -2.48. The maximum atomic E-state index is 12.3. The molecule has 1 aliphatic heterocycles. The van der Waals surface area contributed by atoms with E-state index in [0.29, 0.717) is 13.1 Å². The van der Waals surface area contributed by atoms with Gasteiger partial charge in [-0.3, -0.25) is 4.98 Å². The molecule has 1 saturated heterocycles. The standard InChI is InChI=1S/C16H25N3O2/c1-16(2,14-5-7-17-8-6-14)12-18-15(21)19-9-3-4-13(10-19)11-20/h5-8,13,20H,3-4,9-12H2,1-2H3,(H,18,21). The van der Waals surface area contributed by atoms with Crippen molar-refractivity contribution in [3.05, 3.63) is 30.1 Å². The summed E-state index contributed by atoms with van der Waals surface area (Å²) in [5, 5.41) is 12.3. The summed E-state index contributed by atoms with van der Waals surface area (Å²) in [5.41, 5.74) is 1.02. The number of carbonyl (C=O) groups is 1. The monoisotopic (exact) mass is 291 g/mol. The molecule has 5 heteroatoms. The van der Waals surface area contributed by atoms with Crippen LogP contribution in [-0.2, 0) is 5.41 Å². The Morgan fingerprint density at radius 2 is 2.19 bits per heavy atom. The fourth-order valence-corrected chi connectivity index (χ4v) is 2.71. The number of urea groups is 1. The highest BCUT2D eigenvalue weighted by Gasteiger charge is 2.26. The zero-order chi connectivity index (χ0) is 15.3. The topological polar surface area (TPSA) is 65.5 Å². The van der Waals surface area contributed by atoms with Gasteiger partial charge in [-0.05, 0) is 36.5 Å². The van der Waals surface area contributed by atoms with Gasteiger partial charge in [-0.1, -0.05) is 13.8 Å². The van der Waals surface area contributed by atoms with Crippen LogP contribution in [0.25, 0.3) is 0 Å². The van der Waals surface area contributed by atoms with Crippen LogP contribution in [0.3, 0.4) is 0 Å². The Kier molecular flexibility index (Phi) is 5.17. The van der Waals surface area contributed by atoms with Gasteiger partial charge in [0.1, 0.15) is 0 Å². The van der Waals surface area contributed by atoms with E-state index >= 15 is 0 Å². The Bertz CT molecular complexity index is 462. The number of nitrogens with zero attached hydrogens (tertiary/aromatic N) is 2. The Balaban J connectivity index is 1.88. The maximum absolute atomic E-state index is 12.3. The Hall–Kier alpha value is -1.62.